The van der Waals surface area contributed by atoms with Gasteiger partial charge in [0.15, 0.2) is 0 Å². The van der Waals surface area contributed by atoms with Gasteiger partial charge in [-0.1, -0.05) is 31.2 Å². The number of rotatable bonds is 7. The lowest BCUT2D eigenvalue weighted by Gasteiger charge is -2.16. The van der Waals surface area contributed by atoms with E-state index in [1.807, 2.05) is 17.8 Å². The molecule has 0 amide bonds. The van der Waals surface area contributed by atoms with Crippen molar-refractivity contribution in [3.8, 4) is 0 Å². The Morgan fingerprint density at radius 1 is 1.44 bits per heavy atom. The van der Waals surface area contributed by atoms with Crippen molar-refractivity contribution in [3.63, 3.8) is 0 Å². The molecule has 88 valence electrons. The van der Waals surface area contributed by atoms with Crippen molar-refractivity contribution < 1.29 is 0 Å². The van der Waals surface area contributed by atoms with Crippen LogP contribution in [0, 0.1) is 6.92 Å². The van der Waals surface area contributed by atoms with Crippen molar-refractivity contribution in [2.75, 3.05) is 12.3 Å². The zero-order chi connectivity index (χ0) is 11.8. The number of benzene rings is 1. The summed E-state index contributed by atoms with van der Waals surface area (Å²) < 4.78 is 0. The maximum absolute atomic E-state index is 3.81. The van der Waals surface area contributed by atoms with Crippen molar-refractivity contribution in [2.24, 2.45) is 0 Å². The molecule has 1 N–H and O–H groups in total. The van der Waals surface area contributed by atoms with Gasteiger partial charge in [-0.15, -0.1) is 18.3 Å². The van der Waals surface area contributed by atoms with E-state index in [-0.39, 0.29) is 0 Å². The maximum atomic E-state index is 3.81. The molecular formula is C14H21NS. The summed E-state index contributed by atoms with van der Waals surface area (Å²) in [4.78, 5) is 1.38. The number of thioether (sulfide) groups is 1. The summed E-state index contributed by atoms with van der Waals surface area (Å²) in [7, 11) is 0. The highest BCUT2D eigenvalue weighted by atomic mass is 32.2. The molecule has 0 heterocycles. The first kappa shape index (κ1) is 13.3. The van der Waals surface area contributed by atoms with Crippen molar-refractivity contribution in [2.45, 2.75) is 31.2 Å². The Kier molecular flexibility index (Phi) is 6.27. The second-order valence-electron chi connectivity index (χ2n) is 3.86. The molecule has 1 unspecified atom stereocenters. The standard InChI is InChI=1S/C14H21NS/c1-4-8-13(15-5-2)11-16-14-10-7-6-9-12(14)3/h4,6-7,9-10,13,15H,1,5,8,11H2,2-3H3. The molecule has 1 rings (SSSR count). The molecule has 2 heteroatoms. The predicted molar refractivity (Wildman–Crippen MR) is 74.2 cm³/mol. The van der Waals surface area contributed by atoms with Crippen LogP contribution in [0.2, 0.25) is 0 Å². The summed E-state index contributed by atoms with van der Waals surface area (Å²) in [6.07, 6.45) is 3.03. The van der Waals surface area contributed by atoms with E-state index < -0.39 is 0 Å². The first-order valence-corrected chi connectivity index (χ1v) is 6.79. The number of hydrogen-bond donors (Lipinski definition) is 1. The lowest BCUT2D eigenvalue weighted by molar-refractivity contribution is 0.582. The summed E-state index contributed by atoms with van der Waals surface area (Å²) in [5, 5.41) is 3.48. The average Bonchev–Trinajstić information content (AvgIpc) is 2.28. The Hall–Kier alpha value is -0.730. The van der Waals surface area contributed by atoms with Gasteiger partial charge in [0.2, 0.25) is 0 Å². The van der Waals surface area contributed by atoms with Gasteiger partial charge in [0, 0.05) is 16.7 Å². The van der Waals surface area contributed by atoms with Crippen molar-refractivity contribution >= 4 is 11.8 Å². The molecule has 0 aliphatic heterocycles. The summed E-state index contributed by atoms with van der Waals surface area (Å²) in [5.41, 5.74) is 1.36. The van der Waals surface area contributed by atoms with Crippen LogP contribution in [-0.4, -0.2) is 18.3 Å². The normalized spacial score (nSPS) is 12.4. The minimum atomic E-state index is 0.534. The Morgan fingerprint density at radius 3 is 2.81 bits per heavy atom. The Labute approximate surface area is 103 Å². The van der Waals surface area contributed by atoms with Gasteiger partial charge in [-0.25, -0.2) is 0 Å². The second kappa shape index (κ2) is 7.53. The molecule has 0 spiro atoms. The Bertz CT molecular complexity index is 322. The van der Waals surface area contributed by atoms with Crippen LogP contribution in [-0.2, 0) is 0 Å². The lowest BCUT2D eigenvalue weighted by atomic mass is 10.2. The molecule has 0 aliphatic rings. The molecule has 0 saturated carbocycles. The first-order chi connectivity index (χ1) is 7.77. The van der Waals surface area contributed by atoms with Crippen LogP contribution in [0.1, 0.15) is 18.9 Å². The largest absolute Gasteiger partial charge is 0.313 e. The van der Waals surface area contributed by atoms with Gasteiger partial charge in [-0.05, 0) is 31.5 Å². The Balaban J connectivity index is 2.48. The molecule has 1 nitrogen and oxygen atoms in total. The number of hydrogen-bond acceptors (Lipinski definition) is 2. The number of aryl methyl sites for hydroxylation is 1. The molecule has 1 atom stereocenters. The summed E-state index contributed by atoms with van der Waals surface area (Å²) >= 11 is 1.92. The molecule has 0 aliphatic carbocycles. The highest BCUT2D eigenvalue weighted by molar-refractivity contribution is 7.99. The van der Waals surface area contributed by atoms with Gasteiger partial charge in [0.1, 0.15) is 0 Å². The smallest absolute Gasteiger partial charge is 0.0195 e. The molecule has 1 aromatic carbocycles. The molecule has 0 saturated heterocycles. The topological polar surface area (TPSA) is 12.0 Å². The van der Waals surface area contributed by atoms with Gasteiger partial charge in [-0.3, -0.25) is 0 Å². The average molecular weight is 235 g/mol. The molecule has 0 radical (unpaired) electrons. The molecule has 0 fully saturated rings. The SMILES string of the molecule is C=CCC(CSc1ccccc1C)NCC. The van der Waals surface area contributed by atoms with Crippen LogP contribution < -0.4 is 5.32 Å². The molecule has 16 heavy (non-hydrogen) atoms. The highest BCUT2D eigenvalue weighted by Gasteiger charge is 2.06. The van der Waals surface area contributed by atoms with Crippen LogP contribution in [0.25, 0.3) is 0 Å². The van der Waals surface area contributed by atoms with Crippen molar-refractivity contribution in [1.29, 1.82) is 0 Å². The van der Waals surface area contributed by atoms with E-state index in [2.05, 4.69) is 50.0 Å². The third-order valence-electron chi connectivity index (χ3n) is 2.48. The predicted octanol–water partition coefficient (Wildman–Crippen LogP) is 3.64. The third-order valence-corrected chi connectivity index (χ3v) is 3.82. The van der Waals surface area contributed by atoms with Crippen molar-refractivity contribution in [1.82, 2.24) is 5.32 Å². The monoisotopic (exact) mass is 235 g/mol. The molecule has 0 bridgehead atoms. The number of nitrogens with one attached hydrogen (secondary N) is 1. The van der Waals surface area contributed by atoms with Crippen LogP contribution >= 0.6 is 11.8 Å². The summed E-state index contributed by atoms with van der Waals surface area (Å²) in [6.45, 7) is 9.14. The fourth-order valence-corrected chi connectivity index (χ4v) is 2.71. The molecule has 0 aromatic heterocycles. The van der Waals surface area contributed by atoms with E-state index >= 15 is 0 Å². The van der Waals surface area contributed by atoms with Crippen LogP contribution in [0.4, 0.5) is 0 Å². The van der Waals surface area contributed by atoms with E-state index in [4.69, 9.17) is 0 Å². The van der Waals surface area contributed by atoms with Crippen LogP contribution in [0.5, 0.6) is 0 Å². The van der Waals surface area contributed by atoms with Gasteiger partial charge in [-0.2, -0.15) is 0 Å². The highest BCUT2D eigenvalue weighted by Crippen LogP contribution is 2.22. The molecular weight excluding hydrogens is 214 g/mol. The fourth-order valence-electron chi connectivity index (χ4n) is 1.61. The fraction of sp³-hybridized carbons (Fsp3) is 0.429. The minimum Gasteiger partial charge on any atom is -0.313 e. The lowest BCUT2D eigenvalue weighted by Crippen LogP contribution is -2.30. The third kappa shape index (κ3) is 4.42. The maximum Gasteiger partial charge on any atom is 0.0195 e. The van der Waals surface area contributed by atoms with E-state index in [9.17, 15) is 0 Å². The van der Waals surface area contributed by atoms with Crippen molar-refractivity contribution in [3.05, 3.63) is 42.5 Å². The van der Waals surface area contributed by atoms with E-state index in [0.717, 1.165) is 18.7 Å². The summed E-state index contributed by atoms with van der Waals surface area (Å²) in [5.74, 6) is 1.10. The van der Waals surface area contributed by atoms with Crippen LogP contribution in [0.15, 0.2) is 41.8 Å². The van der Waals surface area contributed by atoms with E-state index in [1.165, 1.54) is 10.5 Å². The minimum absolute atomic E-state index is 0.534. The quantitative estimate of drug-likeness (QED) is 0.572. The van der Waals surface area contributed by atoms with E-state index in [0.29, 0.717) is 6.04 Å². The van der Waals surface area contributed by atoms with Gasteiger partial charge >= 0.3 is 0 Å². The van der Waals surface area contributed by atoms with E-state index in [1.54, 1.807) is 0 Å². The first-order valence-electron chi connectivity index (χ1n) is 5.80. The second-order valence-corrected chi connectivity index (χ2v) is 4.92. The van der Waals surface area contributed by atoms with Gasteiger partial charge < -0.3 is 5.32 Å². The van der Waals surface area contributed by atoms with Crippen LogP contribution in [0.3, 0.4) is 0 Å². The van der Waals surface area contributed by atoms with Gasteiger partial charge in [0.05, 0.1) is 0 Å². The zero-order valence-corrected chi connectivity index (χ0v) is 11.0. The Morgan fingerprint density at radius 2 is 2.19 bits per heavy atom. The zero-order valence-electron chi connectivity index (χ0n) is 10.2. The van der Waals surface area contributed by atoms with Gasteiger partial charge in [0.25, 0.3) is 0 Å². The molecule has 1 aromatic rings. The summed E-state index contributed by atoms with van der Waals surface area (Å²) in [6, 6.07) is 9.08.